The summed E-state index contributed by atoms with van der Waals surface area (Å²) in [4.78, 5) is 13.9. The van der Waals surface area contributed by atoms with Crippen molar-refractivity contribution in [3.05, 3.63) is 23.8 Å². The van der Waals surface area contributed by atoms with Crippen molar-refractivity contribution in [2.24, 2.45) is 0 Å². The number of esters is 1. The Balaban J connectivity index is 1.98. The van der Waals surface area contributed by atoms with Crippen molar-refractivity contribution in [2.45, 2.75) is 25.3 Å². The van der Waals surface area contributed by atoms with Gasteiger partial charge in [0.2, 0.25) is 0 Å². The van der Waals surface area contributed by atoms with Crippen LogP contribution in [0.15, 0.2) is 18.2 Å². The largest absolute Gasteiger partial charge is 0.493 e. The van der Waals surface area contributed by atoms with Crippen molar-refractivity contribution in [3.8, 4) is 11.5 Å². The van der Waals surface area contributed by atoms with Gasteiger partial charge >= 0.3 is 5.97 Å². The van der Waals surface area contributed by atoms with Crippen molar-refractivity contribution in [1.29, 1.82) is 0 Å². The van der Waals surface area contributed by atoms with E-state index < -0.39 is 0 Å². The SMILES string of the molecule is COC(=O)C1CCCN1CCc1ccc(OC)c(OC)c1. The topological polar surface area (TPSA) is 48.0 Å². The van der Waals surface area contributed by atoms with Crippen LogP contribution >= 0.6 is 0 Å². The maximum absolute atomic E-state index is 11.7. The maximum Gasteiger partial charge on any atom is 0.323 e. The number of methoxy groups -OCH3 is 3. The molecular weight excluding hydrogens is 270 g/mol. The molecule has 0 aliphatic carbocycles. The quantitative estimate of drug-likeness (QED) is 0.750. The van der Waals surface area contributed by atoms with Crippen LogP contribution in [0.5, 0.6) is 11.5 Å². The number of benzene rings is 1. The average molecular weight is 293 g/mol. The first-order valence-electron chi connectivity index (χ1n) is 7.22. The van der Waals surface area contributed by atoms with Gasteiger partial charge in [0.1, 0.15) is 6.04 Å². The molecule has 1 heterocycles. The van der Waals surface area contributed by atoms with Crippen LogP contribution < -0.4 is 9.47 Å². The molecule has 5 nitrogen and oxygen atoms in total. The molecule has 0 aromatic heterocycles. The third-order valence-electron chi connectivity index (χ3n) is 3.97. The van der Waals surface area contributed by atoms with Gasteiger partial charge in [-0.05, 0) is 43.5 Å². The minimum absolute atomic E-state index is 0.0878. The van der Waals surface area contributed by atoms with Gasteiger partial charge in [-0.25, -0.2) is 0 Å². The van der Waals surface area contributed by atoms with Crippen molar-refractivity contribution >= 4 is 5.97 Å². The van der Waals surface area contributed by atoms with E-state index in [1.807, 2.05) is 18.2 Å². The Morgan fingerprint density at radius 1 is 1.24 bits per heavy atom. The summed E-state index contributed by atoms with van der Waals surface area (Å²) < 4.78 is 15.4. The summed E-state index contributed by atoms with van der Waals surface area (Å²) in [6.45, 7) is 1.79. The number of hydrogen-bond donors (Lipinski definition) is 0. The zero-order valence-corrected chi connectivity index (χ0v) is 12.9. The molecule has 0 radical (unpaired) electrons. The van der Waals surface area contributed by atoms with Crippen LogP contribution in [0.2, 0.25) is 0 Å². The summed E-state index contributed by atoms with van der Waals surface area (Å²) in [6.07, 6.45) is 2.80. The molecule has 5 heteroatoms. The Labute approximate surface area is 125 Å². The minimum atomic E-state index is -0.125. The summed E-state index contributed by atoms with van der Waals surface area (Å²) in [5.74, 6) is 1.34. The molecule has 21 heavy (non-hydrogen) atoms. The highest BCUT2D eigenvalue weighted by Gasteiger charge is 2.30. The molecule has 1 atom stereocenters. The molecule has 1 saturated heterocycles. The highest BCUT2D eigenvalue weighted by atomic mass is 16.5. The van der Waals surface area contributed by atoms with Gasteiger partial charge in [-0.3, -0.25) is 9.69 Å². The Kier molecular flexibility index (Phi) is 5.44. The van der Waals surface area contributed by atoms with E-state index in [0.717, 1.165) is 43.9 Å². The molecule has 1 aliphatic rings. The number of rotatable bonds is 6. The number of likely N-dealkylation sites (tertiary alicyclic amines) is 1. The van der Waals surface area contributed by atoms with Crippen LogP contribution in [0.3, 0.4) is 0 Å². The monoisotopic (exact) mass is 293 g/mol. The summed E-state index contributed by atoms with van der Waals surface area (Å²) in [6, 6.07) is 5.85. The van der Waals surface area contributed by atoms with Crippen LogP contribution in [0.25, 0.3) is 0 Å². The van der Waals surface area contributed by atoms with Crippen molar-refractivity contribution < 1.29 is 19.0 Å². The van der Waals surface area contributed by atoms with Crippen LogP contribution in [0.4, 0.5) is 0 Å². The first-order valence-corrected chi connectivity index (χ1v) is 7.22. The molecule has 0 bridgehead atoms. The summed E-state index contributed by atoms with van der Waals surface area (Å²) >= 11 is 0. The highest BCUT2D eigenvalue weighted by molar-refractivity contribution is 5.75. The van der Waals surface area contributed by atoms with E-state index in [2.05, 4.69) is 4.90 Å². The molecule has 0 N–H and O–H groups in total. The van der Waals surface area contributed by atoms with E-state index in [0.29, 0.717) is 0 Å². The molecule has 1 aromatic rings. The molecular formula is C16H23NO4. The molecule has 2 rings (SSSR count). The molecule has 0 saturated carbocycles. The lowest BCUT2D eigenvalue weighted by molar-refractivity contribution is -0.145. The number of nitrogens with zero attached hydrogens (tertiary/aromatic N) is 1. The van der Waals surface area contributed by atoms with Crippen LogP contribution in [0, 0.1) is 0 Å². The molecule has 0 spiro atoms. The van der Waals surface area contributed by atoms with E-state index in [4.69, 9.17) is 14.2 Å². The zero-order chi connectivity index (χ0) is 15.2. The van der Waals surface area contributed by atoms with Gasteiger partial charge in [0.05, 0.1) is 21.3 Å². The van der Waals surface area contributed by atoms with Crippen molar-refractivity contribution in [2.75, 3.05) is 34.4 Å². The first kappa shape index (κ1) is 15.6. The molecule has 1 unspecified atom stereocenters. The third-order valence-corrected chi connectivity index (χ3v) is 3.97. The molecule has 0 amide bonds. The average Bonchev–Trinajstić information content (AvgIpc) is 3.00. The molecule has 116 valence electrons. The number of carbonyl (C=O) groups is 1. The maximum atomic E-state index is 11.7. The Hall–Kier alpha value is -1.75. The Morgan fingerprint density at radius 3 is 2.67 bits per heavy atom. The Bertz CT molecular complexity index is 489. The van der Waals surface area contributed by atoms with Gasteiger partial charge in [0.15, 0.2) is 11.5 Å². The predicted molar refractivity (Wildman–Crippen MR) is 79.9 cm³/mol. The fourth-order valence-electron chi connectivity index (χ4n) is 2.81. The zero-order valence-electron chi connectivity index (χ0n) is 12.9. The van der Waals surface area contributed by atoms with E-state index >= 15 is 0 Å². The van der Waals surface area contributed by atoms with Gasteiger partial charge in [-0.15, -0.1) is 0 Å². The number of hydrogen-bond acceptors (Lipinski definition) is 5. The van der Waals surface area contributed by atoms with E-state index in [-0.39, 0.29) is 12.0 Å². The fraction of sp³-hybridized carbons (Fsp3) is 0.562. The lowest BCUT2D eigenvalue weighted by atomic mass is 10.1. The van der Waals surface area contributed by atoms with Crippen LogP contribution in [-0.4, -0.2) is 51.3 Å². The van der Waals surface area contributed by atoms with Gasteiger partial charge in [0, 0.05) is 6.54 Å². The second kappa shape index (κ2) is 7.31. The fourth-order valence-corrected chi connectivity index (χ4v) is 2.81. The van der Waals surface area contributed by atoms with Crippen molar-refractivity contribution in [1.82, 2.24) is 4.90 Å². The normalized spacial score (nSPS) is 18.5. The highest BCUT2D eigenvalue weighted by Crippen LogP contribution is 2.28. The standard InChI is InChI=1S/C16H23NO4/c1-19-14-7-6-12(11-15(14)20-2)8-10-17-9-4-5-13(17)16(18)21-3/h6-7,11,13H,4-5,8-10H2,1-3H3. The minimum Gasteiger partial charge on any atom is -0.493 e. The van der Waals surface area contributed by atoms with Gasteiger partial charge in [-0.1, -0.05) is 6.07 Å². The molecule has 1 fully saturated rings. The third kappa shape index (κ3) is 3.67. The second-order valence-electron chi connectivity index (χ2n) is 5.16. The van der Waals surface area contributed by atoms with E-state index in [9.17, 15) is 4.79 Å². The predicted octanol–water partition coefficient (Wildman–Crippen LogP) is 1.88. The second-order valence-corrected chi connectivity index (χ2v) is 5.16. The summed E-state index contributed by atoms with van der Waals surface area (Å²) in [5, 5.41) is 0. The first-order chi connectivity index (χ1) is 10.2. The van der Waals surface area contributed by atoms with Crippen LogP contribution in [-0.2, 0) is 16.0 Å². The van der Waals surface area contributed by atoms with Crippen LogP contribution in [0.1, 0.15) is 18.4 Å². The van der Waals surface area contributed by atoms with E-state index in [1.54, 1.807) is 14.2 Å². The molecule has 1 aromatic carbocycles. The Morgan fingerprint density at radius 2 is 2.00 bits per heavy atom. The lowest BCUT2D eigenvalue weighted by Crippen LogP contribution is -2.38. The van der Waals surface area contributed by atoms with Crippen molar-refractivity contribution in [3.63, 3.8) is 0 Å². The molecule has 1 aliphatic heterocycles. The van der Waals surface area contributed by atoms with Gasteiger partial charge in [-0.2, -0.15) is 0 Å². The summed E-state index contributed by atoms with van der Waals surface area (Å²) in [7, 11) is 4.71. The van der Waals surface area contributed by atoms with Gasteiger partial charge < -0.3 is 14.2 Å². The summed E-state index contributed by atoms with van der Waals surface area (Å²) in [5.41, 5.74) is 1.17. The number of ether oxygens (including phenoxy) is 3. The van der Waals surface area contributed by atoms with E-state index in [1.165, 1.54) is 12.7 Å². The van der Waals surface area contributed by atoms with Gasteiger partial charge in [0.25, 0.3) is 0 Å². The number of carbonyl (C=O) groups excluding carboxylic acids is 1. The smallest absolute Gasteiger partial charge is 0.323 e. The lowest BCUT2D eigenvalue weighted by Gasteiger charge is -2.22.